The maximum atomic E-state index is 12.8. The van der Waals surface area contributed by atoms with E-state index in [4.69, 9.17) is 20.8 Å². The van der Waals surface area contributed by atoms with E-state index in [0.29, 0.717) is 10.8 Å². The van der Waals surface area contributed by atoms with E-state index < -0.39 is 0 Å². The van der Waals surface area contributed by atoms with Crippen LogP contribution in [0.2, 0.25) is 5.02 Å². The number of halogens is 1. The second-order valence-electron chi connectivity index (χ2n) is 8.08. The standard InChI is InChI=1S/C28H26ClNO3/c1-17(14-26(31)30-19(3)20-8-6-5-7-9-20)23-15-24-25(21-10-12-22(29)13-11-21)16-33-28(24)18(2)27(23)32-4/h5-16,19H,1-4H3,(H,30,31)/b17-14+. The number of aryl methyl sites for hydroxylation is 1. The van der Waals surface area contributed by atoms with Gasteiger partial charge in [-0.2, -0.15) is 0 Å². The molecule has 1 N–H and O–H groups in total. The zero-order chi connectivity index (χ0) is 23.5. The molecule has 5 heteroatoms. The maximum absolute atomic E-state index is 12.8. The van der Waals surface area contributed by atoms with Crippen molar-refractivity contribution in [1.82, 2.24) is 5.32 Å². The summed E-state index contributed by atoms with van der Waals surface area (Å²) >= 11 is 6.06. The highest BCUT2D eigenvalue weighted by molar-refractivity contribution is 6.30. The number of methoxy groups -OCH3 is 1. The molecule has 0 spiro atoms. The molecular formula is C28H26ClNO3. The van der Waals surface area contributed by atoms with E-state index in [1.54, 1.807) is 19.4 Å². The van der Waals surface area contributed by atoms with Crippen LogP contribution in [-0.4, -0.2) is 13.0 Å². The van der Waals surface area contributed by atoms with E-state index in [9.17, 15) is 4.79 Å². The Kier molecular flexibility index (Phi) is 6.57. The molecule has 0 radical (unpaired) electrons. The van der Waals surface area contributed by atoms with Crippen LogP contribution < -0.4 is 10.1 Å². The summed E-state index contributed by atoms with van der Waals surface area (Å²) in [5.74, 6) is 0.533. The summed E-state index contributed by atoms with van der Waals surface area (Å²) < 4.78 is 11.6. The Morgan fingerprint density at radius 3 is 2.48 bits per heavy atom. The molecule has 1 heterocycles. The summed E-state index contributed by atoms with van der Waals surface area (Å²) in [7, 11) is 1.63. The number of benzene rings is 3. The van der Waals surface area contributed by atoms with Gasteiger partial charge >= 0.3 is 0 Å². The Morgan fingerprint density at radius 1 is 1.12 bits per heavy atom. The van der Waals surface area contributed by atoms with E-state index in [0.717, 1.165) is 44.4 Å². The second kappa shape index (κ2) is 9.55. The molecule has 1 aromatic heterocycles. The van der Waals surface area contributed by atoms with Crippen molar-refractivity contribution in [3.05, 3.63) is 94.7 Å². The number of hydrogen-bond donors (Lipinski definition) is 1. The van der Waals surface area contributed by atoms with Crippen molar-refractivity contribution in [2.24, 2.45) is 0 Å². The number of rotatable bonds is 6. The Labute approximate surface area is 198 Å². The fraction of sp³-hybridized carbons (Fsp3) is 0.179. The molecule has 1 atom stereocenters. The molecule has 0 saturated carbocycles. The Bertz CT molecular complexity index is 1320. The third kappa shape index (κ3) is 4.67. The minimum Gasteiger partial charge on any atom is -0.496 e. The van der Waals surface area contributed by atoms with Crippen molar-refractivity contribution in [3.63, 3.8) is 0 Å². The molecule has 0 aliphatic carbocycles. The summed E-state index contributed by atoms with van der Waals surface area (Å²) in [4.78, 5) is 12.8. The molecule has 168 valence electrons. The molecule has 0 aliphatic heterocycles. The van der Waals surface area contributed by atoms with E-state index >= 15 is 0 Å². The van der Waals surface area contributed by atoms with Crippen LogP contribution in [0.15, 0.2) is 77.4 Å². The van der Waals surface area contributed by atoms with Gasteiger partial charge in [0.15, 0.2) is 0 Å². The topological polar surface area (TPSA) is 51.5 Å². The van der Waals surface area contributed by atoms with Gasteiger partial charge in [0.2, 0.25) is 5.91 Å². The van der Waals surface area contributed by atoms with Gasteiger partial charge in [-0.25, -0.2) is 0 Å². The van der Waals surface area contributed by atoms with Crippen LogP contribution in [0, 0.1) is 6.92 Å². The number of allylic oxidation sites excluding steroid dienone is 1. The summed E-state index contributed by atoms with van der Waals surface area (Å²) in [5.41, 5.74) is 6.32. The van der Waals surface area contributed by atoms with E-state index in [2.05, 4.69) is 5.32 Å². The van der Waals surface area contributed by atoms with Crippen molar-refractivity contribution in [1.29, 1.82) is 0 Å². The molecule has 4 rings (SSSR count). The molecule has 0 aliphatic rings. The number of fused-ring (bicyclic) bond motifs is 1. The summed E-state index contributed by atoms with van der Waals surface area (Å²) in [6.07, 6.45) is 3.36. The van der Waals surface area contributed by atoms with Crippen molar-refractivity contribution in [2.75, 3.05) is 7.11 Å². The third-order valence-electron chi connectivity index (χ3n) is 5.83. The van der Waals surface area contributed by atoms with Crippen LogP contribution in [0.25, 0.3) is 27.7 Å². The van der Waals surface area contributed by atoms with Crippen LogP contribution in [0.3, 0.4) is 0 Å². The fourth-order valence-electron chi connectivity index (χ4n) is 4.08. The molecule has 33 heavy (non-hydrogen) atoms. The molecule has 4 nitrogen and oxygen atoms in total. The summed E-state index contributed by atoms with van der Waals surface area (Å²) in [6, 6.07) is 19.5. The van der Waals surface area contributed by atoms with Gasteiger partial charge in [0.25, 0.3) is 0 Å². The number of hydrogen-bond acceptors (Lipinski definition) is 3. The van der Waals surface area contributed by atoms with Crippen LogP contribution in [0.1, 0.15) is 36.6 Å². The molecular weight excluding hydrogens is 434 g/mol. The highest BCUT2D eigenvalue weighted by Gasteiger charge is 2.19. The number of carbonyl (C=O) groups is 1. The number of ether oxygens (including phenoxy) is 1. The van der Waals surface area contributed by atoms with Crippen molar-refractivity contribution in [3.8, 4) is 16.9 Å². The van der Waals surface area contributed by atoms with Gasteiger partial charge in [-0.15, -0.1) is 0 Å². The van der Waals surface area contributed by atoms with Gasteiger partial charge in [0.05, 0.1) is 19.4 Å². The SMILES string of the molecule is COc1c(/C(C)=C/C(=O)NC(C)c2ccccc2)cc2c(-c3ccc(Cl)cc3)coc2c1C. The van der Waals surface area contributed by atoms with Gasteiger partial charge in [0, 0.05) is 33.2 Å². The third-order valence-corrected chi connectivity index (χ3v) is 6.09. The van der Waals surface area contributed by atoms with E-state index in [1.165, 1.54) is 0 Å². The molecule has 0 fully saturated rings. The lowest BCUT2D eigenvalue weighted by Crippen LogP contribution is -2.24. The first kappa shape index (κ1) is 22.7. The fourth-order valence-corrected chi connectivity index (χ4v) is 4.21. The Morgan fingerprint density at radius 2 is 1.82 bits per heavy atom. The average Bonchev–Trinajstić information content (AvgIpc) is 3.24. The lowest BCUT2D eigenvalue weighted by atomic mass is 9.96. The smallest absolute Gasteiger partial charge is 0.244 e. The number of amides is 1. The van der Waals surface area contributed by atoms with Gasteiger partial charge in [0.1, 0.15) is 11.3 Å². The maximum Gasteiger partial charge on any atom is 0.244 e. The normalized spacial score (nSPS) is 12.6. The summed E-state index contributed by atoms with van der Waals surface area (Å²) in [6.45, 7) is 5.85. The zero-order valence-electron chi connectivity index (χ0n) is 19.1. The van der Waals surface area contributed by atoms with E-state index in [1.807, 2.05) is 81.4 Å². The highest BCUT2D eigenvalue weighted by Crippen LogP contribution is 2.40. The lowest BCUT2D eigenvalue weighted by Gasteiger charge is -2.15. The predicted octanol–water partition coefficient (Wildman–Crippen LogP) is 7.35. The summed E-state index contributed by atoms with van der Waals surface area (Å²) in [5, 5.41) is 4.67. The molecule has 0 bridgehead atoms. The van der Waals surface area contributed by atoms with Gasteiger partial charge in [-0.05, 0) is 55.7 Å². The molecule has 3 aromatic carbocycles. The second-order valence-corrected chi connectivity index (χ2v) is 8.52. The van der Waals surface area contributed by atoms with Crippen molar-refractivity contribution in [2.45, 2.75) is 26.8 Å². The van der Waals surface area contributed by atoms with Crippen LogP contribution in [-0.2, 0) is 4.79 Å². The quantitative estimate of drug-likeness (QED) is 0.306. The number of carbonyl (C=O) groups excluding carboxylic acids is 1. The Balaban J connectivity index is 1.71. The minimum atomic E-state index is -0.159. The first-order valence-corrected chi connectivity index (χ1v) is 11.2. The van der Waals surface area contributed by atoms with Crippen molar-refractivity contribution >= 4 is 34.1 Å². The predicted molar refractivity (Wildman–Crippen MR) is 135 cm³/mol. The largest absolute Gasteiger partial charge is 0.496 e. The highest BCUT2D eigenvalue weighted by atomic mass is 35.5. The van der Waals surface area contributed by atoms with E-state index in [-0.39, 0.29) is 11.9 Å². The molecule has 0 saturated heterocycles. The minimum absolute atomic E-state index is 0.0979. The number of nitrogens with one attached hydrogen (secondary N) is 1. The molecule has 1 unspecified atom stereocenters. The van der Waals surface area contributed by atoms with Gasteiger partial charge < -0.3 is 14.5 Å². The zero-order valence-corrected chi connectivity index (χ0v) is 19.9. The lowest BCUT2D eigenvalue weighted by molar-refractivity contribution is -0.117. The Hall–Kier alpha value is -3.50. The van der Waals surface area contributed by atoms with Crippen molar-refractivity contribution < 1.29 is 13.9 Å². The first-order chi connectivity index (χ1) is 15.9. The van der Waals surface area contributed by atoms with Crippen LogP contribution in [0.5, 0.6) is 5.75 Å². The first-order valence-electron chi connectivity index (χ1n) is 10.8. The molecule has 4 aromatic rings. The monoisotopic (exact) mass is 459 g/mol. The average molecular weight is 460 g/mol. The van der Waals surface area contributed by atoms with Gasteiger partial charge in [-0.3, -0.25) is 4.79 Å². The van der Waals surface area contributed by atoms with Crippen LogP contribution >= 0.6 is 11.6 Å². The van der Waals surface area contributed by atoms with Crippen LogP contribution in [0.4, 0.5) is 0 Å². The van der Waals surface area contributed by atoms with Gasteiger partial charge in [-0.1, -0.05) is 54.1 Å². The number of furan rings is 1. The molecule has 1 amide bonds.